The molecule has 140 valence electrons. The van der Waals surface area contributed by atoms with Gasteiger partial charge in [-0.3, -0.25) is 19.7 Å². The number of hydrogen-bond donors (Lipinski definition) is 2. The monoisotopic (exact) mass is 372 g/mol. The zero-order valence-corrected chi connectivity index (χ0v) is 14.2. The average molecular weight is 372 g/mol. The van der Waals surface area contributed by atoms with Crippen LogP contribution in [0.1, 0.15) is 0 Å². The van der Waals surface area contributed by atoms with Crippen molar-refractivity contribution in [2.24, 2.45) is 5.16 Å². The van der Waals surface area contributed by atoms with Crippen LogP contribution in [-0.2, 0) is 14.4 Å². The summed E-state index contributed by atoms with van der Waals surface area (Å²) in [6.07, 6.45) is 0.815. The van der Waals surface area contributed by atoms with Gasteiger partial charge in [0.15, 0.2) is 6.61 Å². The Morgan fingerprint density at radius 2 is 1.96 bits per heavy atom. The predicted molar refractivity (Wildman–Crippen MR) is 97.8 cm³/mol. The minimum Gasteiger partial charge on any atom is -0.495 e. The lowest BCUT2D eigenvalue weighted by Gasteiger charge is -2.08. The second-order valence-corrected chi connectivity index (χ2v) is 5.05. The molecule has 0 heterocycles. The van der Waals surface area contributed by atoms with Crippen molar-refractivity contribution in [1.29, 1.82) is 0 Å². The number of para-hydroxylation sites is 2. The van der Waals surface area contributed by atoms with Crippen LogP contribution < -0.4 is 15.4 Å². The molecule has 10 nitrogen and oxygen atoms in total. The van der Waals surface area contributed by atoms with Crippen molar-refractivity contribution in [2.45, 2.75) is 0 Å². The van der Waals surface area contributed by atoms with E-state index in [-0.39, 0.29) is 11.4 Å². The first-order chi connectivity index (χ1) is 13.0. The highest BCUT2D eigenvalue weighted by Gasteiger charge is 2.08. The number of oxime groups is 1. The van der Waals surface area contributed by atoms with Crippen molar-refractivity contribution in [2.75, 3.05) is 24.4 Å². The first kappa shape index (κ1) is 19.4. The van der Waals surface area contributed by atoms with Crippen molar-refractivity contribution in [3.63, 3.8) is 0 Å². The number of non-ortho nitro benzene ring substituents is 1. The number of nitro groups is 1. The number of ether oxygens (including phenoxy) is 1. The van der Waals surface area contributed by atoms with Crippen LogP contribution in [-0.4, -0.2) is 36.7 Å². The highest BCUT2D eigenvalue weighted by atomic mass is 16.6. The summed E-state index contributed by atoms with van der Waals surface area (Å²) in [4.78, 5) is 38.3. The van der Waals surface area contributed by atoms with Crippen LogP contribution >= 0.6 is 0 Å². The third-order valence-corrected chi connectivity index (χ3v) is 3.15. The maximum Gasteiger partial charge on any atom is 0.271 e. The zero-order chi connectivity index (χ0) is 19.6. The van der Waals surface area contributed by atoms with E-state index in [1.807, 2.05) is 0 Å². The lowest BCUT2D eigenvalue weighted by atomic mass is 10.3. The normalized spacial score (nSPS) is 10.3. The lowest BCUT2D eigenvalue weighted by molar-refractivity contribution is -0.384. The molecule has 0 unspecified atom stereocenters. The van der Waals surface area contributed by atoms with E-state index >= 15 is 0 Å². The minimum atomic E-state index is -0.666. The summed E-state index contributed by atoms with van der Waals surface area (Å²) >= 11 is 0. The molecule has 2 aromatic rings. The molecule has 0 aromatic heterocycles. The number of carbonyl (C=O) groups is 2. The van der Waals surface area contributed by atoms with Crippen molar-refractivity contribution in [1.82, 2.24) is 0 Å². The fraction of sp³-hybridized carbons (Fsp3) is 0.118. The van der Waals surface area contributed by atoms with Gasteiger partial charge in [-0.2, -0.15) is 0 Å². The fourth-order valence-corrected chi connectivity index (χ4v) is 1.99. The number of nitro benzene ring substituents is 1. The summed E-state index contributed by atoms with van der Waals surface area (Å²) in [5.41, 5.74) is 0.546. The van der Waals surface area contributed by atoms with Crippen LogP contribution in [0.5, 0.6) is 5.75 Å². The number of hydrogen-bond acceptors (Lipinski definition) is 7. The topological polar surface area (TPSA) is 132 Å². The Hall–Kier alpha value is -3.95. The first-order valence-corrected chi connectivity index (χ1v) is 7.63. The second-order valence-electron chi connectivity index (χ2n) is 5.05. The molecule has 2 N–H and O–H groups in total. The number of nitrogens with zero attached hydrogens (tertiary/aromatic N) is 2. The Kier molecular flexibility index (Phi) is 6.83. The molecule has 0 aliphatic heterocycles. The molecule has 0 spiro atoms. The summed E-state index contributed by atoms with van der Waals surface area (Å²) in [6.45, 7) is -0.418. The van der Waals surface area contributed by atoms with E-state index < -0.39 is 23.3 Å². The molecule has 0 aliphatic rings. The molecule has 0 atom stereocenters. The molecule has 0 bridgehead atoms. The molecule has 10 heteroatoms. The van der Waals surface area contributed by atoms with Crippen molar-refractivity contribution in [3.8, 4) is 5.75 Å². The quantitative estimate of drug-likeness (QED) is 0.415. The van der Waals surface area contributed by atoms with Crippen LogP contribution in [0.15, 0.2) is 53.7 Å². The minimum absolute atomic E-state index is 0.158. The van der Waals surface area contributed by atoms with Gasteiger partial charge in [-0.1, -0.05) is 23.4 Å². The molecule has 2 aromatic carbocycles. The summed E-state index contributed by atoms with van der Waals surface area (Å²) < 4.78 is 5.10. The number of nitrogens with one attached hydrogen (secondary N) is 2. The Balaban J connectivity index is 1.79. The zero-order valence-electron chi connectivity index (χ0n) is 14.2. The number of methoxy groups -OCH3 is 1. The van der Waals surface area contributed by atoms with Gasteiger partial charge in [-0.05, 0) is 18.2 Å². The first-order valence-electron chi connectivity index (χ1n) is 7.63. The Labute approximate surface area is 153 Å². The van der Waals surface area contributed by atoms with E-state index in [9.17, 15) is 19.7 Å². The number of benzene rings is 2. The maximum absolute atomic E-state index is 11.8. The lowest BCUT2D eigenvalue weighted by Crippen LogP contribution is -2.18. The van der Waals surface area contributed by atoms with Crippen molar-refractivity contribution >= 4 is 35.1 Å². The SMILES string of the molecule is COc1ccccc1NC(=O)CO/N=C\C(=O)Nc1cccc([N+](=O)[O-])c1. The molecule has 0 radical (unpaired) electrons. The van der Waals surface area contributed by atoms with Crippen molar-refractivity contribution in [3.05, 3.63) is 58.6 Å². The largest absolute Gasteiger partial charge is 0.495 e. The van der Waals surface area contributed by atoms with E-state index in [0.29, 0.717) is 11.4 Å². The van der Waals surface area contributed by atoms with Crippen molar-refractivity contribution < 1.29 is 24.1 Å². The standard InChI is InChI=1S/C17H16N4O6/c1-26-15-8-3-2-7-14(15)20-17(23)11-27-18-10-16(22)19-12-5-4-6-13(9-12)21(24)25/h2-10H,11H2,1H3,(H,19,22)(H,20,23)/b18-10-. The van der Waals surface area contributed by atoms with Gasteiger partial charge < -0.3 is 20.2 Å². The summed E-state index contributed by atoms with van der Waals surface area (Å²) in [7, 11) is 1.48. The fourth-order valence-electron chi connectivity index (χ4n) is 1.99. The number of anilines is 2. The number of amides is 2. The van der Waals surface area contributed by atoms with Gasteiger partial charge in [0.2, 0.25) is 0 Å². The van der Waals surface area contributed by atoms with Crippen LogP contribution in [0.4, 0.5) is 17.1 Å². The van der Waals surface area contributed by atoms with Gasteiger partial charge in [0.25, 0.3) is 17.5 Å². The van der Waals surface area contributed by atoms with Gasteiger partial charge >= 0.3 is 0 Å². The molecule has 0 aliphatic carbocycles. The Morgan fingerprint density at radius 1 is 1.19 bits per heavy atom. The smallest absolute Gasteiger partial charge is 0.271 e. The van der Waals surface area contributed by atoms with Gasteiger partial charge in [0.05, 0.1) is 17.7 Å². The molecular formula is C17H16N4O6. The maximum atomic E-state index is 11.8. The van der Waals surface area contributed by atoms with Gasteiger partial charge in [0.1, 0.15) is 12.0 Å². The second kappa shape index (κ2) is 9.51. The Morgan fingerprint density at radius 3 is 2.70 bits per heavy atom. The molecule has 0 fully saturated rings. The van der Waals surface area contributed by atoms with E-state index in [1.165, 1.54) is 31.4 Å². The summed E-state index contributed by atoms with van der Waals surface area (Å²) in [6, 6.07) is 12.3. The van der Waals surface area contributed by atoms with E-state index in [2.05, 4.69) is 15.8 Å². The summed E-state index contributed by atoms with van der Waals surface area (Å²) in [5.74, 6) is -0.665. The van der Waals surface area contributed by atoms with E-state index in [4.69, 9.17) is 9.57 Å². The van der Waals surface area contributed by atoms with Crippen LogP contribution in [0.3, 0.4) is 0 Å². The average Bonchev–Trinajstić information content (AvgIpc) is 2.66. The molecule has 2 rings (SSSR count). The third kappa shape index (κ3) is 6.12. The van der Waals surface area contributed by atoms with Crippen LogP contribution in [0, 0.1) is 10.1 Å². The Bertz CT molecular complexity index is 868. The summed E-state index contributed by atoms with van der Waals surface area (Å²) in [5, 5.41) is 19.0. The molecule has 0 saturated carbocycles. The van der Waals surface area contributed by atoms with Gasteiger partial charge in [-0.25, -0.2) is 0 Å². The van der Waals surface area contributed by atoms with Gasteiger partial charge in [0, 0.05) is 17.8 Å². The predicted octanol–water partition coefficient (Wildman–Crippen LogP) is 2.18. The highest BCUT2D eigenvalue weighted by molar-refractivity contribution is 6.31. The molecule has 2 amide bonds. The number of rotatable bonds is 8. The van der Waals surface area contributed by atoms with Crippen LogP contribution in [0.25, 0.3) is 0 Å². The van der Waals surface area contributed by atoms with E-state index in [1.54, 1.807) is 24.3 Å². The third-order valence-electron chi connectivity index (χ3n) is 3.15. The van der Waals surface area contributed by atoms with E-state index in [0.717, 1.165) is 6.21 Å². The number of carbonyl (C=O) groups excluding carboxylic acids is 2. The highest BCUT2D eigenvalue weighted by Crippen LogP contribution is 2.22. The molecular weight excluding hydrogens is 356 g/mol. The molecule has 0 saturated heterocycles. The van der Waals surface area contributed by atoms with Crippen LogP contribution in [0.2, 0.25) is 0 Å². The van der Waals surface area contributed by atoms with Gasteiger partial charge in [-0.15, -0.1) is 0 Å². The molecule has 27 heavy (non-hydrogen) atoms.